The van der Waals surface area contributed by atoms with E-state index in [1.807, 2.05) is 19.9 Å². The number of benzene rings is 1. The standard InChI is InChI=1S/C18H27FN2O3/c1-18(2)13-21(9-14-7-5-6-8-16(14)19)10-15(24-18)11-23-12-17(22)20(3)4/h5-8,15H,9-13H2,1-4H3. The maximum absolute atomic E-state index is 13.9. The van der Waals surface area contributed by atoms with Gasteiger partial charge in [0.2, 0.25) is 5.91 Å². The van der Waals surface area contributed by atoms with Crippen LogP contribution in [0.2, 0.25) is 0 Å². The number of amides is 1. The van der Waals surface area contributed by atoms with Crippen LogP contribution < -0.4 is 0 Å². The van der Waals surface area contributed by atoms with Crippen molar-refractivity contribution in [3.8, 4) is 0 Å². The maximum Gasteiger partial charge on any atom is 0.248 e. The first-order chi connectivity index (χ1) is 11.3. The van der Waals surface area contributed by atoms with Crippen molar-refractivity contribution in [3.05, 3.63) is 35.6 Å². The molecule has 0 saturated carbocycles. The highest BCUT2D eigenvalue weighted by Crippen LogP contribution is 2.23. The van der Waals surface area contributed by atoms with Crippen LogP contribution in [0.1, 0.15) is 19.4 Å². The van der Waals surface area contributed by atoms with Crippen molar-refractivity contribution in [2.75, 3.05) is 40.4 Å². The number of ether oxygens (including phenoxy) is 2. The molecule has 0 bridgehead atoms. The van der Waals surface area contributed by atoms with Gasteiger partial charge < -0.3 is 14.4 Å². The molecule has 134 valence electrons. The van der Waals surface area contributed by atoms with E-state index in [4.69, 9.17) is 9.47 Å². The van der Waals surface area contributed by atoms with Gasteiger partial charge in [0.05, 0.1) is 18.3 Å². The van der Waals surface area contributed by atoms with Gasteiger partial charge in [-0.05, 0) is 19.9 Å². The highest BCUT2D eigenvalue weighted by atomic mass is 19.1. The van der Waals surface area contributed by atoms with Crippen LogP contribution in [0.15, 0.2) is 24.3 Å². The van der Waals surface area contributed by atoms with E-state index >= 15 is 0 Å². The van der Waals surface area contributed by atoms with Crippen LogP contribution in [-0.2, 0) is 20.8 Å². The third kappa shape index (κ3) is 5.54. The van der Waals surface area contributed by atoms with E-state index in [0.29, 0.717) is 31.8 Å². The lowest BCUT2D eigenvalue weighted by atomic mass is 10.0. The third-order valence-corrected chi connectivity index (χ3v) is 3.93. The van der Waals surface area contributed by atoms with Crippen LogP contribution in [0.4, 0.5) is 4.39 Å². The molecule has 1 saturated heterocycles. The Labute approximate surface area is 143 Å². The first-order valence-electron chi connectivity index (χ1n) is 8.18. The van der Waals surface area contributed by atoms with E-state index in [2.05, 4.69) is 4.90 Å². The van der Waals surface area contributed by atoms with Gasteiger partial charge in [0.15, 0.2) is 0 Å². The van der Waals surface area contributed by atoms with Crippen LogP contribution in [0.3, 0.4) is 0 Å². The smallest absolute Gasteiger partial charge is 0.248 e. The lowest BCUT2D eigenvalue weighted by Gasteiger charge is -2.42. The monoisotopic (exact) mass is 338 g/mol. The molecule has 24 heavy (non-hydrogen) atoms. The summed E-state index contributed by atoms with van der Waals surface area (Å²) in [5, 5.41) is 0. The fourth-order valence-corrected chi connectivity index (χ4v) is 2.90. The van der Waals surface area contributed by atoms with Gasteiger partial charge in [-0.2, -0.15) is 0 Å². The van der Waals surface area contributed by atoms with Gasteiger partial charge in [0.25, 0.3) is 0 Å². The van der Waals surface area contributed by atoms with Crippen molar-refractivity contribution < 1.29 is 18.7 Å². The highest BCUT2D eigenvalue weighted by Gasteiger charge is 2.33. The molecule has 1 unspecified atom stereocenters. The number of halogens is 1. The molecule has 1 atom stereocenters. The zero-order valence-corrected chi connectivity index (χ0v) is 14.9. The van der Waals surface area contributed by atoms with Crippen molar-refractivity contribution in [2.45, 2.75) is 32.1 Å². The Morgan fingerprint density at radius 1 is 1.42 bits per heavy atom. The Bertz CT molecular complexity index is 563. The summed E-state index contributed by atoms with van der Waals surface area (Å²) in [5.74, 6) is -0.264. The molecule has 0 spiro atoms. The lowest BCUT2D eigenvalue weighted by molar-refractivity contribution is -0.161. The summed E-state index contributed by atoms with van der Waals surface area (Å²) in [6, 6.07) is 6.82. The van der Waals surface area contributed by atoms with Gasteiger partial charge in [0, 0.05) is 39.3 Å². The Hall–Kier alpha value is -1.50. The van der Waals surface area contributed by atoms with Crippen LogP contribution in [0.25, 0.3) is 0 Å². The molecule has 2 rings (SSSR count). The molecule has 0 radical (unpaired) electrons. The molecule has 0 aliphatic carbocycles. The van der Waals surface area contributed by atoms with Crippen LogP contribution in [0.5, 0.6) is 0 Å². The van der Waals surface area contributed by atoms with E-state index in [-0.39, 0.29) is 30.0 Å². The second kappa shape index (κ2) is 8.05. The second-order valence-corrected chi connectivity index (χ2v) is 7.06. The minimum atomic E-state index is -0.344. The van der Waals surface area contributed by atoms with Gasteiger partial charge in [-0.25, -0.2) is 4.39 Å². The summed E-state index contributed by atoms with van der Waals surface area (Å²) < 4.78 is 25.4. The summed E-state index contributed by atoms with van der Waals surface area (Å²) in [6.07, 6.45) is -0.143. The maximum atomic E-state index is 13.9. The predicted molar refractivity (Wildman–Crippen MR) is 90.1 cm³/mol. The number of hydrogen-bond donors (Lipinski definition) is 0. The molecule has 6 heteroatoms. The lowest BCUT2D eigenvalue weighted by Crippen LogP contribution is -2.53. The SMILES string of the molecule is CN(C)C(=O)COCC1CN(Cc2ccccc2F)CC(C)(C)O1. The predicted octanol–water partition coefficient (Wildman–Crippen LogP) is 1.91. The Morgan fingerprint density at radius 2 is 2.12 bits per heavy atom. The van der Waals surface area contributed by atoms with Gasteiger partial charge in [-0.15, -0.1) is 0 Å². The number of carbonyl (C=O) groups excluding carboxylic acids is 1. The molecule has 1 fully saturated rings. The Balaban J connectivity index is 1.91. The van der Waals surface area contributed by atoms with E-state index in [1.54, 1.807) is 26.2 Å². The van der Waals surface area contributed by atoms with Gasteiger partial charge in [-0.3, -0.25) is 9.69 Å². The van der Waals surface area contributed by atoms with E-state index in [0.717, 1.165) is 0 Å². The van der Waals surface area contributed by atoms with Crippen LogP contribution >= 0.6 is 0 Å². The quantitative estimate of drug-likeness (QED) is 0.795. The zero-order valence-electron chi connectivity index (χ0n) is 14.9. The van der Waals surface area contributed by atoms with Crippen molar-refractivity contribution in [1.82, 2.24) is 9.80 Å². The van der Waals surface area contributed by atoms with E-state index in [9.17, 15) is 9.18 Å². The van der Waals surface area contributed by atoms with Crippen LogP contribution in [-0.4, -0.2) is 67.8 Å². The minimum Gasteiger partial charge on any atom is -0.369 e. The largest absolute Gasteiger partial charge is 0.369 e. The van der Waals surface area contributed by atoms with Gasteiger partial charge >= 0.3 is 0 Å². The van der Waals surface area contributed by atoms with E-state index < -0.39 is 0 Å². The summed E-state index contributed by atoms with van der Waals surface area (Å²) in [4.78, 5) is 15.2. The molecule has 1 aromatic rings. The number of carbonyl (C=O) groups is 1. The fraction of sp³-hybridized carbons (Fsp3) is 0.611. The molecule has 1 aliphatic rings. The summed E-state index contributed by atoms with van der Waals surface area (Å²) in [7, 11) is 3.39. The summed E-state index contributed by atoms with van der Waals surface area (Å²) >= 11 is 0. The molecule has 1 amide bonds. The fourth-order valence-electron chi connectivity index (χ4n) is 2.90. The molecule has 0 N–H and O–H groups in total. The number of hydrogen-bond acceptors (Lipinski definition) is 4. The van der Waals surface area contributed by atoms with Crippen molar-refractivity contribution in [2.24, 2.45) is 0 Å². The number of likely N-dealkylation sites (N-methyl/N-ethyl adjacent to an activating group) is 1. The highest BCUT2D eigenvalue weighted by molar-refractivity contribution is 5.76. The topological polar surface area (TPSA) is 42.0 Å². The second-order valence-electron chi connectivity index (χ2n) is 7.06. The van der Waals surface area contributed by atoms with E-state index in [1.165, 1.54) is 11.0 Å². The average molecular weight is 338 g/mol. The summed E-state index contributed by atoms with van der Waals surface area (Å²) in [5.41, 5.74) is 0.334. The van der Waals surface area contributed by atoms with Gasteiger partial charge in [0.1, 0.15) is 12.4 Å². The normalized spacial score (nSPS) is 20.8. The number of nitrogens with zero attached hydrogens (tertiary/aromatic N) is 2. The third-order valence-electron chi connectivity index (χ3n) is 3.93. The molecule has 1 heterocycles. The van der Waals surface area contributed by atoms with Crippen molar-refractivity contribution in [3.63, 3.8) is 0 Å². The molecule has 5 nitrogen and oxygen atoms in total. The van der Waals surface area contributed by atoms with Crippen LogP contribution in [0, 0.1) is 5.82 Å². The zero-order chi connectivity index (χ0) is 17.7. The molecule has 1 aliphatic heterocycles. The van der Waals surface area contributed by atoms with Crippen molar-refractivity contribution >= 4 is 5.91 Å². The first kappa shape index (κ1) is 18.8. The molecular formula is C18H27FN2O3. The van der Waals surface area contributed by atoms with Gasteiger partial charge in [-0.1, -0.05) is 18.2 Å². The van der Waals surface area contributed by atoms with Crippen molar-refractivity contribution in [1.29, 1.82) is 0 Å². The number of morpholine rings is 1. The Kier molecular flexibility index (Phi) is 6.32. The first-order valence-corrected chi connectivity index (χ1v) is 8.18. The minimum absolute atomic E-state index is 0.0423. The molecule has 1 aromatic carbocycles. The number of rotatable bonds is 6. The summed E-state index contributed by atoms with van der Waals surface area (Å²) in [6.45, 7) is 6.31. The Morgan fingerprint density at radius 3 is 2.79 bits per heavy atom. The average Bonchev–Trinajstić information content (AvgIpc) is 2.48. The molecular weight excluding hydrogens is 311 g/mol. The molecule has 0 aromatic heterocycles.